The summed E-state index contributed by atoms with van der Waals surface area (Å²) < 4.78 is 33.2. The van der Waals surface area contributed by atoms with Crippen molar-refractivity contribution in [1.29, 1.82) is 0 Å². The van der Waals surface area contributed by atoms with Crippen molar-refractivity contribution in [3.8, 4) is 0 Å². The third-order valence-corrected chi connectivity index (χ3v) is 11.6. The summed E-state index contributed by atoms with van der Waals surface area (Å²) in [7, 11) is 7.78. The zero-order valence-electron chi connectivity index (χ0n) is 43.7. The molecule has 3 atom stereocenters. The summed E-state index contributed by atoms with van der Waals surface area (Å²) in [6.45, 7) is 9.24. The van der Waals surface area contributed by atoms with Gasteiger partial charge in [0.25, 0.3) is 0 Å². The number of likely N-dealkylation sites (N-methyl/N-ethyl adjacent to an activating group) is 2. The van der Waals surface area contributed by atoms with E-state index in [9.17, 15) is 29.1 Å². The van der Waals surface area contributed by atoms with E-state index in [2.05, 4.69) is 38.2 Å². The van der Waals surface area contributed by atoms with Crippen molar-refractivity contribution in [2.75, 3.05) is 74.4 Å². The van der Waals surface area contributed by atoms with E-state index >= 15 is 0 Å². The molecule has 0 heterocycles. The van der Waals surface area contributed by atoms with E-state index in [4.69, 9.17) is 28.4 Å². The van der Waals surface area contributed by atoms with Crippen LogP contribution in [0.2, 0.25) is 0 Å². The SMILES string of the molecule is CCCCCC[C@@H](C/C=C\CCCCCCCC(=O)OCOC(=O)CCCCCCC/C=C\C[C@@H](CCCCCC)OC(=O)C[N+](C)(C)CCOC(C)O)OC(=O)C[N+](C)(C)CCOC(C)=O. The number of carbonyl (C=O) groups excluding carboxylic acids is 5. The van der Waals surface area contributed by atoms with E-state index in [-0.39, 0.29) is 68.5 Å². The second-order valence-electron chi connectivity index (χ2n) is 19.5. The molecular formula is C53H98N2O12+2. The van der Waals surface area contributed by atoms with Gasteiger partial charge < -0.3 is 42.5 Å². The molecule has 0 aromatic rings. The van der Waals surface area contributed by atoms with Gasteiger partial charge in [-0.2, -0.15) is 0 Å². The highest BCUT2D eigenvalue weighted by atomic mass is 16.7. The zero-order valence-corrected chi connectivity index (χ0v) is 43.7. The summed E-state index contributed by atoms with van der Waals surface area (Å²) in [5, 5.41) is 9.34. The average molecular weight is 955 g/mol. The molecule has 67 heavy (non-hydrogen) atoms. The van der Waals surface area contributed by atoms with Crippen molar-refractivity contribution in [3.05, 3.63) is 24.3 Å². The van der Waals surface area contributed by atoms with Crippen molar-refractivity contribution < 1.29 is 66.5 Å². The standard InChI is InChI=1S/C53H98N2O12/c1-9-11-13-27-33-48(66-52(60)43-54(5,6)39-41-62-46(3)56)35-29-23-19-15-17-21-25-31-37-50(58)64-45-65-51(59)38-32-26-22-18-16-20-24-30-36-49(34-28-14-12-10-2)67-53(61)44-55(7,8)40-42-63-47(4)57/h23-24,29-30,46,48-49,56H,9-22,25-28,31-45H2,1-8H3/q+2/b29-23-,30-24-/t46?,48-,49+/m1/s1. The van der Waals surface area contributed by atoms with Gasteiger partial charge in [-0.1, -0.05) is 115 Å². The van der Waals surface area contributed by atoms with Crippen molar-refractivity contribution in [3.63, 3.8) is 0 Å². The predicted molar refractivity (Wildman–Crippen MR) is 264 cm³/mol. The van der Waals surface area contributed by atoms with Crippen LogP contribution in [0.1, 0.15) is 195 Å². The highest BCUT2D eigenvalue weighted by Gasteiger charge is 2.25. The van der Waals surface area contributed by atoms with Crippen molar-refractivity contribution in [2.24, 2.45) is 0 Å². The lowest BCUT2D eigenvalue weighted by Crippen LogP contribution is -2.47. The lowest BCUT2D eigenvalue weighted by atomic mass is 10.1. The second-order valence-corrected chi connectivity index (χ2v) is 19.5. The number of unbranched alkanes of at least 4 members (excludes halogenated alkanes) is 16. The van der Waals surface area contributed by atoms with Crippen molar-refractivity contribution >= 4 is 29.8 Å². The number of aliphatic hydroxyl groups excluding tert-OH is 1. The van der Waals surface area contributed by atoms with Crippen LogP contribution >= 0.6 is 0 Å². The molecule has 0 fully saturated rings. The van der Waals surface area contributed by atoms with Gasteiger partial charge in [-0.05, 0) is 71.1 Å². The average Bonchev–Trinajstić information content (AvgIpc) is 3.23. The number of hydrogen-bond donors (Lipinski definition) is 1. The molecule has 1 unspecified atom stereocenters. The van der Waals surface area contributed by atoms with Crippen LogP contribution in [0.3, 0.4) is 0 Å². The first-order valence-corrected chi connectivity index (χ1v) is 26.1. The molecular weight excluding hydrogens is 857 g/mol. The van der Waals surface area contributed by atoms with E-state index in [1.54, 1.807) is 6.92 Å². The number of aliphatic hydroxyl groups is 1. The first-order valence-electron chi connectivity index (χ1n) is 26.1. The fraction of sp³-hybridized carbons (Fsp3) is 0.830. The number of carbonyl (C=O) groups is 5. The van der Waals surface area contributed by atoms with Gasteiger partial charge in [-0.15, -0.1) is 0 Å². The van der Waals surface area contributed by atoms with Gasteiger partial charge in [0.2, 0.25) is 6.79 Å². The summed E-state index contributed by atoms with van der Waals surface area (Å²) in [5.74, 6) is -1.46. The minimum Gasteiger partial charge on any atom is -0.460 e. The van der Waals surface area contributed by atoms with Crippen molar-refractivity contribution in [2.45, 2.75) is 213 Å². The lowest BCUT2D eigenvalue weighted by Gasteiger charge is -2.29. The van der Waals surface area contributed by atoms with E-state index in [1.165, 1.54) is 19.8 Å². The number of esters is 5. The quantitative estimate of drug-likeness (QED) is 0.0154. The largest absolute Gasteiger partial charge is 0.460 e. The van der Waals surface area contributed by atoms with Crippen LogP contribution in [0.4, 0.5) is 0 Å². The van der Waals surface area contributed by atoms with Crippen LogP contribution in [0.25, 0.3) is 0 Å². The van der Waals surface area contributed by atoms with Gasteiger partial charge in [0.15, 0.2) is 19.4 Å². The van der Waals surface area contributed by atoms with E-state index in [0.29, 0.717) is 54.3 Å². The first kappa shape index (κ1) is 63.7. The number of hydrogen-bond acceptors (Lipinski definition) is 12. The summed E-state index contributed by atoms with van der Waals surface area (Å²) in [6, 6.07) is 0. The molecule has 0 saturated heterocycles. The minimum atomic E-state index is -0.822. The topological polar surface area (TPSA) is 161 Å². The molecule has 390 valence electrons. The van der Waals surface area contributed by atoms with E-state index in [0.717, 1.165) is 128 Å². The van der Waals surface area contributed by atoms with Gasteiger partial charge in [-0.25, -0.2) is 9.59 Å². The van der Waals surface area contributed by atoms with Crippen LogP contribution in [0, 0.1) is 0 Å². The monoisotopic (exact) mass is 955 g/mol. The molecule has 0 bridgehead atoms. The van der Waals surface area contributed by atoms with Crippen LogP contribution < -0.4 is 0 Å². The molecule has 14 nitrogen and oxygen atoms in total. The molecule has 0 aliphatic carbocycles. The Labute approximate surface area is 407 Å². The molecule has 0 spiro atoms. The number of nitrogens with zero attached hydrogens (tertiary/aromatic N) is 2. The lowest BCUT2D eigenvalue weighted by molar-refractivity contribution is -0.883. The number of ether oxygens (including phenoxy) is 6. The summed E-state index contributed by atoms with van der Waals surface area (Å²) in [5.41, 5.74) is 0. The zero-order chi connectivity index (χ0) is 50.0. The molecule has 0 aromatic heterocycles. The van der Waals surface area contributed by atoms with E-state index < -0.39 is 6.29 Å². The Morgan fingerprint density at radius 2 is 0.910 bits per heavy atom. The molecule has 0 saturated carbocycles. The molecule has 0 aromatic carbocycles. The van der Waals surface area contributed by atoms with Gasteiger partial charge in [0, 0.05) is 32.6 Å². The van der Waals surface area contributed by atoms with Gasteiger partial charge in [-0.3, -0.25) is 14.4 Å². The Morgan fingerprint density at radius 1 is 0.507 bits per heavy atom. The van der Waals surface area contributed by atoms with Crippen LogP contribution in [0.5, 0.6) is 0 Å². The van der Waals surface area contributed by atoms with Crippen LogP contribution in [-0.4, -0.2) is 137 Å². The Balaban J connectivity index is 4.15. The summed E-state index contributed by atoms with van der Waals surface area (Å²) >= 11 is 0. The minimum absolute atomic E-state index is 0.130. The third kappa shape index (κ3) is 43.7. The smallest absolute Gasteiger partial charge is 0.362 e. The molecule has 0 aliphatic rings. The maximum absolute atomic E-state index is 12.8. The molecule has 14 heteroatoms. The Hall–Kier alpha value is -3.33. The van der Waals surface area contributed by atoms with Gasteiger partial charge >= 0.3 is 29.8 Å². The predicted octanol–water partition coefficient (Wildman–Crippen LogP) is 10.2. The van der Waals surface area contributed by atoms with E-state index in [1.807, 2.05) is 28.2 Å². The summed E-state index contributed by atoms with van der Waals surface area (Å²) in [4.78, 5) is 60.9. The molecule has 0 rings (SSSR count). The fourth-order valence-corrected chi connectivity index (χ4v) is 7.42. The molecule has 1 N–H and O–H groups in total. The van der Waals surface area contributed by atoms with Gasteiger partial charge in [0.05, 0.1) is 34.8 Å². The Morgan fingerprint density at radius 3 is 1.33 bits per heavy atom. The Bertz CT molecular complexity index is 1350. The maximum atomic E-state index is 12.8. The fourth-order valence-electron chi connectivity index (χ4n) is 7.42. The second kappa shape index (κ2) is 41.6. The van der Waals surface area contributed by atoms with Crippen molar-refractivity contribution in [1.82, 2.24) is 0 Å². The third-order valence-electron chi connectivity index (χ3n) is 11.6. The first-order chi connectivity index (χ1) is 32.0. The normalized spacial score (nSPS) is 13.4. The highest BCUT2D eigenvalue weighted by Crippen LogP contribution is 2.17. The molecule has 0 amide bonds. The maximum Gasteiger partial charge on any atom is 0.362 e. The Kier molecular flexibility index (Phi) is 39.6. The van der Waals surface area contributed by atoms with Gasteiger partial charge in [0.1, 0.15) is 31.9 Å². The summed E-state index contributed by atoms with van der Waals surface area (Å²) in [6.07, 6.45) is 31.8. The number of allylic oxidation sites excluding steroid dienone is 2. The van der Waals surface area contributed by atoms with Crippen LogP contribution in [-0.2, 0) is 52.4 Å². The number of rotatable bonds is 45. The number of quaternary nitrogens is 2. The van der Waals surface area contributed by atoms with Crippen LogP contribution in [0.15, 0.2) is 24.3 Å². The molecule has 0 aliphatic heterocycles. The molecule has 0 radical (unpaired) electrons. The highest BCUT2D eigenvalue weighted by molar-refractivity contribution is 5.71.